The number of aromatic nitrogens is 1. The Kier molecular flexibility index (Phi) is 3.66. The minimum Gasteiger partial charge on any atom is -0.448 e. The third kappa shape index (κ3) is 3.20. The molecule has 0 spiro atoms. The van der Waals surface area contributed by atoms with Crippen LogP contribution in [0.5, 0.6) is 0 Å². The first-order chi connectivity index (χ1) is 8.99. The first-order valence-corrected chi connectivity index (χ1v) is 5.97. The lowest BCUT2D eigenvalue weighted by Crippen LogP contribution is -2.38. The van der Waals surface area contributed by atoms with E-state index in [2.05, 4.69) is 10.3 Å². The lowest BCUT2D eigenvalue weighted by atomic mass is 9.96. The fraction of sp³-hybridized carbons (Fsp3) is 0.286. The molecule has 1 aromatic heterocycles. The minimum atomic E-state index is -1.13. The topological polar surface area (TPSA) is 75.4 Å². The average Bonchev–Trinajstić information content (AvgIpc) is 2.84. The number of aliphatic hydroxyl groups is 1. The average molecular weight is 260 g/mol. The van der Waals surface area contributed by atoms with Crippen molar-refractivity contribution in [3.8, 4) is 0 Å². The first-order valence-electron chi connectivity index (χ1n) is 5.97. The molecule has 0 aliphatic rings. The van der Waals surface area contributed by atoms with E-state index in [1.807, 2.05) is 30.3 Å². The number of carbonyl (C=O) groups is 1. The summed E-state index contributed by atoms with van der Waals surface area (Å²) in [4.78, 5) is 15.7. The Hall–Kier alpha value is -2.14. The third-order valence-corrected chi connectivity index (χ3v) is 2.84. The lowest BCUT2D eigenvalue weighted by Gasteiger charge is -2.23. The van der Waals surface area contributed by atoms with Gasteiger partial charge in [-0.05, 0) is 12.5 Å². The van der Waals surface area contributed by atoms with E-state index in [1.165, 1.54) is 6.26 Å². The monoisotopic (exact) mass is 260 g/mol. The van der Waals surface area contributed by atoms with E-state index in [0.717, 1.165) is 5.56 Å². The Balaban J connectivity index is 2.00. The molecule has 2 N–H and O–H groups in total. The van der Waals surface area contributed by atoms with Gasteiger partial charge < -0.3 is 14.8 Å². The summed E-state index contributed by atoms with van der Waals surface area (Å²) in [7, 11) is 0. The number of benzene rings is 1. The van der Waals surface area contributed by atoms with Gasteiger partial charge in [-0.15, -0.1) is 0 Å². The van der Waals surface area contributed by atoms with Crippen LogP contribution in [0.4, 0.5) is 0 Å². The van der Waals surface area contributed by atoms with Gasteiger partial charge in [-0.1, -0.05) is 30.3 Å². The van der Waals surface area contributed by atoms with Crippen molar-refractivity contribution >= 4 is 5.91 Å². The van der Waals surface area contributed by atoms with Crippen LogP contribution in [0.1, 0.15) is 28.9 Å². The Morgan fingerprint density at radius 2 is 2.11 bits per heavy atom. The third-order valence-electron chi connectivity index (χ3n) is 2.84. The molecule has 0 radical (unpaired) electrons. The SMILES string of the molecule is Cc1nc(C(=O)NC[C@](C)(O)c2ccccc2)co1. The van der Waals surface area contributed by atoms with Crippen molar-refractivity contribution in [3.63, 3.8) is 0 Å². The Labute approximate surface area is 111 Å². The van der Waals surface area contributed by atoms with Gasteiger partial charge in [0.2, 0.25) is 0 Å². The highest BCUT2D eigenvalue weighted by atomic mass is 16.3. The summed E-state index contributed by atoms with van der Waals surface area (Å²) >= 11 is 0. The largest absolute Gasteiger partial charge is 0.448 e. The molecule has 0 fully saturated rings. The van der Waals surface area contributed by atoms with Crippen LogP contribution in [-0.2, 0) is 5.60 Å². The number of amides is 1. The van der Waals surface area contributed by atoms with Gasteiger partial charge in [-0.25, -0.2) is 4.98 Å². The molecule has 0 saturated heterocycles. The van der Waals surface area contributed by atoms with Crippen molar-refractivity contribution in [2.24, 2.45) is 0 Å². The molecule has 0 aliphatic heterocycles. The van der Waals surface area contributed by atoms with Gasteiger partial charge in [-0.2, -0.15) is 0 Å². The molecule has 1 amide bonds. The van der Waals surface area contributed by atoms with Gasteiger partial charge in [0.15, 0.2) is 11.6 Å². The first kappa shape index (κ1) is 13.3. The number of nitrogens with zero attached hydrogens (tertiary/aromatic N) is 1. The quantitative estimate of drug-likeness (QED) is 0.876. The predicted octanol–water partition coefficient (Wildman–Crippen LogP) is 1.62. The van der Waals surface area contributed by atoms with Crippen LogP contribution in [-0.4, -0.2) is 22.5 Å². The second-order valence-electron chi connectivity index (χ2n) is 4.57. The summed E-state index contributed by atoms with van der Waals surface area (Å²) in [6.07, 6.45) is 1.29. The summed E-state index contributed by atoms with van der Waals surface area (Å²) in [5.41, 5.74) is -0.177. The van der Waals surface area contributed by atoms with Crippen LogP contribution in [0.2, 0.25) is 0 Å². The zero-order chi connectivity index (χ0) is 13.9. The molecule has 2 aromatic rings. The number of aryl methyl sites for hydroxylation is 1. The number of oxazole rings is 1. The Morgan fingerprint density at radius 3 is 2.68 bits per heavy atom. The van der Waals surface area contributed by atoms with E-state index in [4.69, 9.17) is 4.42 Å². The highest BCUT2D eigenvalue weighted by Crippen LogP contribution is 2.19. The highest BCUT2D eigenvalue weighted by molar-refractivity contribution is 5.91. The molecule has 5 heteroatoms. The van der Waals surface area contributed by atoms with Crippen LogP contribution in [0, 0.1) is 6.92 Å². The maximum absolute atomic E-state index is 11.8. The van der Waals surface area contributed by atoms with E-state index in [0.29, 0.717) is 5.89 Å². The van der Waals surface area contributed by atoms with Crippen LogP contribution >= 0.6 is 0 Å². The van der Waals surface area contributed by atoms with Gasteiger partial charge in [0.05, 0.1) is 6.54 Å². The van der Waals surface area contributed by atoms with Crippen molar-refractivity contribution in [1.29, 1.82) is 0 Å². The summed E-state index contributed by atoms with van der Waals surface area (Å²) in [5.74, 6) is 0.0630. The van der Waals surface area contributed by atoms with Gasteiger partial charge in [0.1, 0.15) is 11.9 Å². The Bertz CT molecular complexity index is 561. The summed E-state index contributed by atoms with van der Waals surface area (Å²) < 4.78 is 4.97. The van der Waals surface area contributed by atoms with Gasteiger partial charge >= 0.3 is 0 Å². The van der Waals surface area contributed by atoms with E-state index < -0.39 is 5.60 Å². The van der Waals surface area contributed by atoms with Crippen LogP contribution in [0.25, 0.3) is 0 Å². The van der Waals surface area contributed by atoms with Gasteiger partial charge in [0.25, 0.3) is 5.91 Å². The van der Waals surface area contributed by atoms with Gasteiger partial charge in [-0.3, -0.25) is 4.79 Å². The normalized spacial score (nSPS) is 13.8. The fourth-order valence-corrected chi connectivity index (χ4v) is 1.71. The van der Waals surface area contributed by atoms with Crippen molar-refractivity contribution in [2.75, 3.05) is 6.54 Å². The molecule has 0 unspecified atom stereocenters. The molecule has 0 saturated carbocycles. The number of rotatable bonds is 4. The fourth-order valence-electron chi connectivity index (χ4n) is 1.71. The standard InChI is InChI=1S/C14H16N2O3/c1-10-16-12(8-19-10)13(17)15-9-14(2,18)11-6-4-3-5-7-11/h3-8,18H,9H2,1-2H3,(H,15,17)/t14-/m0/s1. The second-order valence-corrected chi connectivity index (χ2v) is 4.57. The maximum Gasteiger partial charge on any atom is 0.273 e. The Morgan fingerprint density at radius 1 is 1.42 bits per heavy atom. The number of carbonyl (C=O) groups excluding carboxylic acids is 1. The summed E-state index contributed by atoms with van der Waals surface area (Å²) in [6.45, 7) is 3.41. The molecular formula is C14H16N2O3. The molecule has 1 atom stereocenters. The zero-order valence-corrected chi connectivity index (χ0v) is 10.9. The molecule has 100 valence electrons. The summed E-state index contributed by atoms with van der Waals surface area (Å²) in [6, 6.07) is 9.17. The highest BCUT2D eigenvalue weighted by Gasteiger charge is 2.24. The van der Waals surface area contributed by atoms with E-state index in [1.54, 1.807) is 13.8 Å². The molecule has 1 aromatic carbocycles. The second kappa shape index (κ2) is 5.24. The van der Waals surface area contributed by atoms with Crippen molar-refractivity contribution in [2.45, 2.75) is 19.4 Å². The maximum atomic E-state index is 11.8. The molecule has 0 bridgehead atoms. The lowest BCUT2D eigenvalue weighted by molar-refractivity contribution is 0.0525. The van der Waals surface area contributed by atoms with Crippen LogP contribution in [0.3, 0.4) is 0 Å². The summed E-state index contributed by atoms with van der Waals surface area (Å²) in [5, 5.41) is 13.0. The molecule has 2 rings (SSSR count). The van der Waals surface area contributed by atoms with Gasteiger partial charge in [0, 0.05) is 6.92 Å². The molecule has 1 heterocycles. The van der Waals surface area contributed by atoms with Crippen molar-refractivity contribution in [3.05, 3.63) is 53.7 Å². The van der Waals surface area contributed by atoms with Crippen molar-refractivity contribution < 1.29 is 14.3 Å². The van der Waals surface area contributed by atoms with E-state index in [-0.39, 0.29) is 18.1 Å². The number of hydrogen-bond acceptors (Lipinski definition) is 4. The molecule has 19 heavy (non-hydrogen) atoms. The number of nitrogens with one attached hydrogen (secondary N) is 1. The van der Waals surface area contributed by atoms with Crippen LogP contribution in [0.15, 0.2) is 41.0 Å². The molecule has 5 nitrogen and oxygen atoms in total. The van der Waals surface area contributed by atoms with E-state index >= 15 is 0 Å². The minimum absolute atomic E-state index is 0.0990. The van der Waals surface area contributed by atoms with Crippen molar-refractivity contribution in [1.82, 2.24) is 10.3 Å². The molecular weight excluding hydrogens is 244 g/mol. The zero-order valence-electron chi connectivity index (χ0n) is 10.9. The number of hydrogen-bond donors (Lipinski definition) is 2. The predicted molar refractivity (Wildman–Crippen MR) is 69.6 cm³/mol. The van der Waals surface area contributed by atoms with Crippen LogP contribution < -0.4 is 5.32 Å². The smallest absolute Gasteiger partial charge is 0.273 e. The van der Waals surface area contributed by atoms with E-state index in [9.17, 15) is 9.90 Å². The molecule has 0 aliphatic carbocycles.